The Labute approximate surface area is 246 Å². The molecule has 0 heterocycles. The van der Waals surface area contributed by atoms with Crippen LogP contribution in [0.15, 0.2) is 72.8 Å². The zero-order valence-electron chi connectivity index (χ0n) is 23.7. The van der Waals surface area contributed by atoms with Gasteiger partial charge in [-0.25, -0.2) is 0 Å². The number of carbonyl (C=O) groups is 2. The molecule has 0 N–H and O–H groups in total. The number of para-hydroxylation sites is 2. The maximum absolute atomic E-state index is 11.0. The first-order valence-corrected chi connectivity index (χ1v) is 13.8. The molecule has 10 heteroatoms. The zero-order chi connectivity index (χ0) is 29.5. The summed E-state index contributed by atoms with van der Waals surface area (Å²) >= 11 is 0. The summed E-state index contributed by atoms with van der Waals surface area (Å²) in [7, 11) is 0. The van der Waals surface area contributed by atoms with Crippen molar-refractivity contribution in [1.82, 2.24) is 0 Å². The molecule has 0 amide bonds. The molecule has 0 aliphatic heterocycles. The van der Waals surface area contributed by atoms with Gasteiger partial charge in [-0.1, -0.05) is 24.3 Å². The second kappa shape index (κ2) is 20.8. The third-order valence-electron chi connectivity index (χ3n) is 5.62. The lowest BCUT2D eigenvalue weighted by Crippen LogP contribution is -2.14. The fourth-order valence-corrected chi connectivity index (χ4v) is 3.55. The van der Waals surface area contributed by atoms with Crippen molar-refractivity contribution >= 4 is 12.6 Å². The van der Waals surface area contributed by atoms with Gasteiger partial charge in [0.2, 0.25) is 0 Å². The van der Waals surface area contributed by atoms with Crippen molar-refractivity contribution in [2.75, 3.05) is 79.3 Å². The highest BCUT2D eigenvalue weighted by Crippen LogP contribution is 2.18. The predicted molar refractivity (Wildman–Crippen MR) is 155 cm³/mol. The third kappa shape index (κ3) is 13.1. The van der Waals surface area contributed by atoms with Crippen molar-refractivity contribution in [1.29, 1.82) is 0 Å². The SMILES string of the molecule is O=Cc1ccccc1OCCOCCOCCOc1ccc(OCCOCCOCCOc2ccccc2C=O)cc1. The van der Waals surface area contributed by atoms with Gasteiger partial charge in [-0.05, 0) is 48.5 Å². The summed E-state index contributed by atoms with van der Waals surface area (Å²) in [5.41, 5.74) is 1.04. The minimum absolute atomic E-state index is 0.355. The minimum atomic E-state index is 0.355. The molecule has 226 valence electrons. The average Bonchev–Trinajstić information content (AvgIpc) is 3.03. The largest absolute Gasteiger partial charge is 0.491 e. The van der Waals surface area contributed by atoms with Crippen molar-refractivity contribution in [2.45, 2.75) is 0 Å². The van der Waals surface area contributed by atoms with Crippen LogP contribution in [0.4, 0.5) is 0 Å². The lowest BCUT2D eigenvalue weighted by Gasteiger charge is -2.11. The molecule has 3 aromatic carbocycles. The first kappa shape index (κ1) is 32.6. The monoisotopic (exact) mass is 582 g/mol. The van der Waals surface area contributed by atoms with E-state index in [0.717, 1.165) is 24.1 Å². The predicted octanol–water partition coefficient (Wildman–Crippen LogP) is 4.29. The van der Waals surface area contributed by atoms with Crippen molar-refractivity contribution in [3.63, 3.8) is 0 Å². The molecule has 0 saturated carbocycles. The molecule has 0 atom stereocenters. The fraction of sp³-hybridized carbons (Fsp3) is 0.375. The van der Waals surface area contributed by atoms with Gasteiger partial charge in [0.15, 0.2) is 12.6 Å². The number of carbonyl (C=O) groups excluding carboxylic acids is 2. The standard InChI is InChI=1S/C32H38O10/c33-25-27-5-1-3-7-31(27)41-23-19-37-15-13-35-17-21-39-29-9-11-30(12-10-29)40-22-18-36-14-16-38-20-24-42-32-8-4-2-6-28(32)26-34/h1-12,25-26H,13-24H2. The molecule has 0 aromatic heterocycles. The van der Waals surface area contributed by atoms with E-state index in [1.54, 1.807) is 36.4 Å². The Morgan fingerprint density at radius 2 is 0.690 bits per heavy atom. The molecule has 0 saturated heterocycles. The second-order valence-electron chi connectivity index (χ2n) is 8.63. The van der Waals surface area contributed by atoms with Gasteiger partial charge >= 0.3 is 0 Å². The molecule has 0 aliphatic carbocycles. The van der Waals surface area contributed by atoms with Crippen LogP contribution in [0.3, 0.4) is 0 Å². The number of ether oxygens (including phenoxy) is 8. The second-order valence-corrected chi connectivity index (χ2v) is 8.63. The van der Waals surface area contributed by atoms with Crippen LogP contribution in [-0.2, 0) is 18.9 Å². The Morgan fingerprint density at radius 1 is 0.381 bits per heavy atom. The quantitative estimate of drug-likeness (QED) is 0.112. The summed E-state index contributed by atoms with van der Waals surface area (Å²) in [5, 5.41) is 0. The van der Waals surface area contributed by atoms with Crippen molar-refractivity contribution in [3.05, 3.63) is 83.9 Å². The Bertz CT molecular complexity index is 1060. The van der Waals surface area contributed by atoms with Crippen LogP contribution >= 0.6 is 0 Å². The number of hydrogen-bond donors (Lipinski definition) is 0. The summed E-state index contributed by atoms with van der Waals surface area (Å²) < 4.78 is 44.5. The van der Waals surface area contributed by atoms with Crippen LogP contribution in [0.25, 0.3) is 0 Å². The first-order chi connectivity index (χ1) is 20.8. The van der Waals surface area contributed by atoms with E-state index in [1.165, 1.54) is 0 Å². The summed E-state index contributed by atoms with van der Waals surface area (Å²) in [6, 6.07) is 21.5. The van der Waals surface area contributed by atoms with Gasteiger partial charge in [0.25, 0.3) is 0 Å². The molecule has 0 unspecified atom stereocenters. The van der Waals surface area contributed by atoms with E-state index in [0.29, 0.717) is 102 Å². The molecular weight excluding hydrogens is 544 g/mol. The van der Waals surface area contributed by atoms with Crippen molar-refractivity contribution in [3.8, 4) is 23.0 Å². The topological polar surface area (TPSA) is 108 Å². The number of benzene rings is 3. The molecule has 0 spiro atoms. The maximum Gasteiger partial charge on any atom is 0.153 e. The van der Waals surface area contributed by atoms with E-state index in [4.69, 9.17) is 37.9 Å². The highest BCUT2D eigenvalue weighted by molar-refractivity contribution is 5.79. The highest BCUT2D eigenvalue weighted by Gasteiger charge is 2.03. The van der Waals surface area contributed by atoms with Crippen molar-refractivity contribution in [2.24, 2.45) is 0 Å². The summed E-state index contributed by atoms with van der Waals surface area (Å²) in [4.78, 5) is 21.9. The molecule has 10 nitrogen and oxygen atoms in total. The Morgan fingerprint density at radius 3 is 1.05 bits per heavy atom. The molecule has 0 radical (unpaired) electrons. The van der Waals surface area contributed by atoms with Gasteiger partial charge in [-0.2, -0.15) is 0 Å². The Kier molecular flexibility index (Phi) is 16.2. The number of hydrogen-bond acceptors (Lipinski definition) is 10. The van der Waals surface area contributed by atoms with Crippen LogP contribution in [0.5, 0.6) is 23.0 Å². The Balaban J connectivity index is 1.09. The molecule has 3 rings (SSSR count). The van der Waals surface area contributed by atoms with E-state index >= 15 is 0 Å². The lowest BCUT2D eigenvalue weighted by atomic mass is 10.2. The summed E-state index contributed by atoms with van der Waals surface area (Å²) in [6.45, 7) is 4.99. The zero-order valence-corrected chi connectivity index (χ0v) is 23.7. The molecular formula is C32H38O10. The van der Waals surface area contributed by atoms with E-state index < -0.39 is 0 Å². The molecule has 0 fully saturated rings. The Hall–Kier alpha value is -3.96. The molecule has 0 bridgehead atoms. The van der Waals surface area contributed by atoms with Gasteiger partial charge in [-0.15, -0.1) is 0 Å². The minimum Gasteiger partial charge on any atom is -0.491 e. The van der Waals surface area contributed by atoms with Crippen LogP contribution in [0, 0.1) is 0 Å². The average molecular weight is 583 g/mol. The van der Waals surface area contributed by atoms with Crippen LogP contribution in [0.1, 0.15) is 20.7 Å². The normalized spacial score (nSPS) is 10.7. The van der Waals surface area contributed by atoms with Gasteiger partial charge in [0, 0.05) is 0 Å². The van der Waals surface area contributed by atoms with Crippen LogP contribution in [-0.4, -0.2) is 91.9 Å². The van der Waals surface area contributed by atoms with Crippen LogP contribution in [0.2, 0.25) is 0 Å². The highest BCUT2D eigenvalue weighted by atomic mass is 16.6. The smallest absolute Gasteiger partial charge is 0.153 e. The van der Waals surface area contributed by atoms with E-state index in [-0.39, 0.29) is 0 Å². The fourth-order valence-electron chi connectivity index (χ4n) is 3.55. The number of aldehydes is 2. The van der Waals surface area contributed by atoms with Crippen LogP contribution < -0.4 is 18.9 Å². The van der Waals surface area contributed by atoms with E-state index in [9.17, 15) is 9.59 Å². The van der Waals surface area contributed by atoms with Gasteiger partial charge in [0.05, 0.1) is 64.0 Å². The molecule has 0 aliphatic rings. The first-order valence-electron chi connectivity index (χ1n) is 13.8. The number of rotatable bonds is 24. The van der Waals surface area contributed by atoms with Crippen molar-refractivity contribution < 1.29 is 47.5 Å². The van der Waals surface area contributed by atoms with Gasteiger partial charge in [0.1, 0.15) is 49.4 Å². The molecule has 42 heavy (non-hydrogen) atoms. The van der Waals surface area contributed by atoms with Gasteiger partial charge in [-0.3, -0.25) is 9.59 Å². The maximum atomic E-state index is 11.0. The lowest BCUT2D eigenvalue weighted by molar-refractivity contribution is 0.0270. The van der Waals surface area contributed by atoms with Gasteiger partial charge < -0.3 is 37.9 Å². The third-order valence-corrected chi connectivity index (χ3v) is 5.62. The van der Waals surface area contributed by atoms with E-state index in [2.05, 4.69) is 0 Å². The van der Waals surface area contributed by atoms with E-state index in [1.807, 2.05) is 36.4 Å². The summed E-state index contributed by atoms with van der Waals surface area (Å²) in [5.74, 6) is 2.55. The summed E-state index contributed by atoms with van der Waals surface area (Å²) in [6.07, 6.45) is 1.54. The molecule has 3 aromatic rings.